The fraction of sp³-hybridized carbons (Fsp3) is 0.636. The summed E-state index contributed by atoms with van der Waals surface area (Å²) in [5, 5.41) is 9.42. The zero-order valence-electron chi connectivity index (χ0n) is 10.4. The first-order valence-corrected chi connectivity index (χ1v) is 5.89. The van der Waals surface area contributed by atoms with Gasteiger partial charge < -0.3 is 15.8 Å². The van der Waals surface area contributed by atoms with E-state index >= 15 is 0 Å². The molecular formula is C11H20N4O2. The molecule has 6 nitrogen and oxygen atoms in total. The van der Waals surface area contributed by atoms with E-state index in [-0.39, 0.29) is 11.6 Å². The van der Waals surface area contributed by atoms with Crippen molar-refractivity contribution in [3.8, 4) is 0 Å². The lowest BCUT2D eigenvalue weighted by molar-refractivity contribution is 0.0918. The highest BCUT2D eigenvalue weighted by Gasteiger charge is 2.15. The molecule has 0 radical (unpaired) electrons. The minimum atomic E-state index is -0.263. The zero-order valence-corrected chi connectivity index (χ0v) is 10.4. The highest BCUT2D eigenvalue weighted by molar-refractivity contribution is 5.97. The minimum Gasteiger partial charge on any atom is -0.395 e. The molecule has 6 heteroatoms. The zero-order chi connectivity index (χ0) is 12.7. The third kappa shape index (κ3) is 3.74. The van der Waals surface area contributed by atoms with Crippen molar-refractivity contribution < 1.29 is 9.53 Å². The predicted octanol–water partition coefficient (Wildman–Crippen LogP) is 0.711. The van der Waals surface area contributed by atoms with Crippen LogP contribution < -0.4 is 11.1 Å². The number of H-pyrrole nitrogens is 1. The summed E-state index contributed by atoms with van der Waals surface area (Å²) in [6, 6.07) is 0. The van der Waals surface area contributed by atoms with E-state index in [9.17, 15) is 4.79 Å². The molecule has 0 aliphatic heterocycles. The molecule has 0 unspecified atom stereocenters. The van der Waals surface area contributed by atoms with Gasteiger partial charge in [0.25, 0.3) is 5.91 Å². The lowest BCUT2D eigenvalue weighted by Gasteiger charge is -2.03. The lowest BCUT2D eigenvalue weighted by Crippen LogP contribution is -2.28. The molecule has 0 aliphatic carbocycles. The van der Waals surface area contributed by atoms with Crippen LogP contribution in [-0.2, 0) is 11.2 Å². The van der Waals surface area contributed by atoms with Gasteiger partial charge in [0, 0.05) is 13.2 Å². The Morgan fingerprint density at radius 2 is 2.29 bits per heavy atom. The Balaban J connectivity index is 2.51. The fourth-order valence-corrected chi connectivity index (χ4v) is 1.47. The van der Waals surface area contributed by atoms with E-state index in [1.165, 1.54) is 0 Å². The van der Waals surface area contributed by atoms with Crippen LogP contribution in [0.4, 0.5) is 5.69 Å². The van der Waals surface area contributed by atoms with Crippen molar-refractivity contribution in [1.29, 1.82) is 0 Å². The van der Waals surface area contributed by atoms with Gasteiger partial charge in [0.05, 0.1) is 18.0 Å². The second-order valence-electron chi connectivity index (χ2n) is 3.67. The highest BCUT2D eigenvalue weighted by atomic mass is 16.5. The van der Waals surface area contributed by atoms with Gasteiger partial charge in [-0.3, -0.25) is 9.89 Å². The molecule has 1 aromatic heterocycles. The number of amides is 1. The average Bonchev–Trinajstić information content (AvgIpc) is 2.67. The van der Waals surface area contributed by atoms with Crippen molar-refractivity contribution in [1.82, 2.24) is 15.5 Å². The molecule has 96 valence electrons. The van der Waals surface area contributed by atoms with Crippen molar-refractivity contribution in [3.63, 3.8) is 0 Å². The van der Waals surface area contributed by atoms with Gasteiger partial charge in [-0.25, -0.2) is 0 Å². The molecule has 0 fully saturated rings. The standard InChI is InChI=1S/C11H20N4O2/c1-3-5-8-9(12)10(15-14-8)11(16)13-6-7-17-4-2/h3-7,12H2,1-2H3,(H,13,16)(H,14,15). The molecule has 1 rings (SSSR count). The van der Waals surface area contributed by atoms with Crippen LogP contribution in [0.1, 0.15) is 36.5 Å². The van der Waals surface area contributed by atoms with Crippen LogP contribution in [0.3, 0.4) is 0 Å². The van der Waals surface area contributed by atoms with Gasteiger partial charge in [-0.15, -0.1) is 0 Å². The minimum absolute atomic E-state index is 0.263. The number of nitrogens with two attached hydrogens (primary N) is 1. The molecule has 0 saturated heterocycles. The Bertz CT molecular complexity index is 362. The number of ether oxygens (including phenoxy) is 1. The number of aromatic amines is 1. The summed E-state index contributed by atoms with van der Waals surface area (Å²) in [7, 11) is 0. The molecule has 0 aromatic carbocycles. The second kappa shape index (κ2) is 6.90. The van der Waals surface area contributed by atoms with E-state index in [0.717, 1.165) is 18.5 Å². The van der Waals surface area contributed by atoms with E-state index < -0.39 is 0 Å². The Morgan fingerprint density at radius 3 is 2.94 bits per heavy atom. The molecule has 0 saturated carbocycles. The maximum absolute atomic E-state index is 11.7. The van der Waals surface area contributed by atoms with Gasteiger partial charge in [-0.1, -0.05) is 13.3 Å². The number of nitrogens with zero attached hydrogens (tertiary/aromatic N) is 1. The molecule has 17 heavy (non-hydrogen) atoms. The Labute approximate surface area is 101 Å². The van der Waals surface area contributed by atoms with Gasteiger partial charge in [-0.05, 0) is 13.3 Å². The maximum Gasteiger partial charge on any atom is 0.274 e. The Kier molecular flexibility index (Phi) is 5.48. The van der Waals surface area contributed by atoms with Crippen LogP contribution in [0.5, 0.6) is 0 Å². The number of rotatable bonds is 7. The average molecular weight is 240 g/mol. The molecule has 0 bridgehead atoms. The number of carbonyl (C=O) groups excluding carboxylic acids is 1. The highest BCUT2D eigenvalue weighted by Crippen LogP contribution is 2.15. The van der Waals surface area contributed by atoms with Crippen molar-refractivity contribution in [2.75, 3.05) is 25.5 Å². The van der Waals surface area contributed by atoms with Gasteiger partial charge >= 0.3 is 0 Å². The Hall–Kier alpha value is -1.56. The van der Waals surface area contributed by atoms with Crippen LogP contribution >= 0.6 is 0 Å². The predicted molar refractivity (Wildman–Crippen MR) is 65.8 cm³/mol. The number of hydrogen-bond acceptors (Lipinski definition) is 4. The monoisotopic (exact) mass is 240 g/mol. The number of nitrogens with one attached hydrogen (secondary N) is 2. The molecule has 0 atom stereocenters. The number of hydrogen-bond donors (Lipinski definition) is 3. The second-order valence-corrected chi connectivity index (χ2v) is 3.67. The van der Waals surface area contributed by atoms with Crippen molar-refractivity contribution >= 4 is 11.6 Å². The summed E-state index contributed by atoms with van der Waals surface area (Å²) >= 11 is 0. The van der Waals surface area contributed by atoms with Crippen LogP contribution in [-0.4, -0.2) is 35.9 Å². The topological polar surface area (TPSA) is 93.0 Å². The smallest absolute Gasteiger partial charge is 0.274 e. The van der Waals surface area contributed by atoms with Crippen molar-refractivity contribution in [2.45, 2.75) is 26.7 Å². The van der Waals surface area contributed by atoms with E-state index in [2.05, 4.69) is 15.5 Å². The first kappa shape index (κ1) is 13.5. The molecule has 1 amide bonds. The van der Waals surface area contributed by atoms with Gasteiger partial charge in [-0.2, -0.15) is 5.10 Å². The third-order valence-corrected chi connectivity index (χ3v) is 2.33. The first-order chi connectivity index (χ1) is 8.20. The van der Waals surface area contributed by atoms with Crippen LogP contribution in [0, 0.1) is 0 Å². The molecule has 4 N–H and O–H groups in total. The SMILES string of the molecule is CCCc1[nH]nc(C(=O)NCCOCC)c1N. The van der Waals surface area contributed by atoms with E-state index in [4.69, 9.17) is 10.5 Å². The van der Waals surface area contributed by atoms with E-state index in [0.29, 0.717) is 25.4 Å². The quantitative estimate of drug-likeness (QED) is 0.612. The molecule has 1 heterocycles. The van der Waals surface area contributed by atoms with Gasteiger partial charge in [0.2, 0.25) is 0 Å². The molecule has 0 spiro atoms. The number of aromatic nitrogens is 2. The number of anilines is 1. The summed E-state index contributed by atoms with van der Waals surface area (Å²) < 4.78 is 5.12. The normalized spacial score (nSPS) is 10.5. The summed E-state index contributed by atoms with van der Waals surface area (Å²) in [6.07, 6.45) is 1.75. The lowest BCUT2D eigenvalue weighted by atomic mass is 10.2. The first-order valence-electron chi connectivity index (χ1n) is 5.89. The molecule has 1 aromatic rings. The van der Waals surface area contributed by atoms with Crippen LogP contribution in [0.15, 0.2) is 0 Å². The van der Waals surface area contributed by atoms with Gasteiger partial charge in [0.15, 0.2) is 5.69 Å². The van der Waals surface area contributed by atoms with Crippen molar-refractivity contribution in [2.24, 2.45) is 0 Å². The molecular weight excluding hydrogens is 220 g/mol. The number of aryl methyl sites for hydroxylation is 1. The summed E-state index contributed by atoms with van der Waals surface area (Å²) in [5.41, 5.74) is 7.37. The summed E-state index contributed by atoms with van der Waals surface area (Å²) in [6.45, 7) is 5.55. The van der Waals surface area contributed by atoms with E-state index in [1.54, 1.807) is 0 Å². The largest absolute Gasteiger partial charge is 0.395 e. The summed E-state index contributed by atoms with van der Waals surface area (Å²) in [5.74, 6) is -0.263. The van der Waals surface area contributed by atoms with Crippen LogP contribution in [0.2, 0.25) is 0 Å². The third-order valence-electron chi connectivity index (χ3n) is 2.33. The molecule has 0 aliphatic rings. The number of nitrogen functional groups attached to an aromatic ring is 1. The van der Waals surface area contributed by atoms with Crippen molar-refractivity contribution in [3.05, 3.63) is 11.4 Å². The van der Waals surface area contributed by atoms with Crippen LogP contribution in [0.25, 0.3) is 0 Å². The van der Waals surface area contributed by atoms with Gasteiger partial charge in [0.1, 0.15) is 0 Å². The fourth-order valence-electron chi connectivity index (χ4n) is 1.47. The Morgan fingerprint density at radius 1 is 1.53 bits per heavy atom. The maximum atomic E-state index is 11.7. The number of carbonyl (C=O) groups is 1. The summed E-state index contributed by atoms with van der Waals surface area (Å²) in [4.78, 5) is 11.7. The van der Waals surface area contributed by atoms with E-state index in [1.807, 2.05) is 13.8 Å².